The van der Waals surface area contributed by atoms with Gasteiger partial charge in [0.25, 0.3) is 0 Å². The number of methoxy groups -OCH3 is 1. The predicted octanol–water partition coefficient (Wildman–Crippen LogP) is 2.54. The van der Waals surface area contributed by atoms with Gasteiger partial charge in [0.05, 0.1) is 5.60 Å². The van der Waals surface area contributed by atoms with Crippen LogP contribution in [-0.2, 0) is 4.74 Å². The third kappa shape index (κ3) is 3.35. The maximum Gasteiger partial charge on any atom is 0.136 e. The van der Waals surface area contributed by atoms with Crippen LogP contribution in [0.3, 0.4) is 0 Å². The molecule has 0 amide bonds. The zero-order valence-electron chi connectivity index (χ0n) is 12.5. The zero-order valence-corrected chi connectivity index (χ0v) is 12.5. The molecule has 2 N–H and O–H groups in total. The van der Waals surface area contributed by atoms with Gasteiger partial charge in [0.1, 0.15) is 17.5 Å². The highest BCUT2D eigenvalue weighted by Crippen LogP contribution is 2.39. The molecule has 19 heavy (non-hydrogen) atoms. The molecule has 1 heterocycles. The fourth-order valence-electron chi connectivity index (χ4n) is 1.84. The van der Waals surface area contributed by atoms with E-state index in [4.69, 9.17) is 4.74 Å². The zero-order chi connectivity index (χ0) is 14.0. The first-order chi connectivity index (χ1) is 8.96. The van der Waals surface area contributed by atoms with Crippen molar-refractivity contribution in [3.8, 4) is 0 Å². The Kier molecular flexibility index (Phi) is 3.94. The summed E-state index contributed by atoms with van der Waals surface area (Å²) in [4.78, 5) is 9.25. The predicted molar refractivity (Wildman–Crippen MR) is 77.9 cm³/mol. The lowest BCUT2D eigenvalue weighted by Crippen LogP contribution is -2.32. The number of nitrogens with zero attached hydrogens (tertiary/aromatic N) is 2. The number of anilines is 2. The van der Waals surface area contributed by atoms with Crippen LogP contribution in [0.5, 0.6) is 0 Å². The summed E-state index contributed by atoms with van der Waals surface area (Å²) in [5.74, 6) is 3.32. The first kappa shape index (κ1) is 14.1. The van der Waals surface area contributed by atoms with Crippen LogP contribution in [-0.4, -0.2) is 36.3 Å². The maximum absolute atomic E-state index is 5.42. The molecular weight excluding hydrogens is 240 g/mol. The normalized spacial score (nSPS) is 15.4. The van der Waals surface area contributed by atoms with E-state index in [1.807, 2.05) is 14.0 Å². The van der Waals surface area contributed by atoms with E-state index < -0.39 is 0 Å². The highest BCUT2D eigenvalue weighted by atomic mass is 16.5. The molecule has 0 unspecified atom stereocenters. The van der Waals surface area contributed by atoms with Gasteiger partial charge < -0.3 is 15.4 Å². The largest absolute Gasteiger partial charge is 0.377 e. The van der Waals surface area contributed by atoms with E-state index in [9.17, 15) is 0 Å². The Morgan fingerprint density at radius 2 is 1.89 bits per heavy atom. The molecule has 1 saturated carbocycles. The lowest BCUT2D eigenvalue weighted by molar-refractivity contribution is 0.0343. The van der Waals surface area contributed by atoms with Crippen molar-refractivity contribution < 1.29 is 4.74 Å². The van der Waals surface area contributed by atoms with Crippen LogP contribution in [0.15, 0.2) is 0 Å². The second-order valence-electron chi connectivity index (χ2n) is 5.75. The van der Waals surface area contributed by atoms with Crippen molar-refractivity contribution in [3.63, 3.8) is 0 Å². The molecule has 0 aromatic carbocycles. The summed E-state index contributed by atoms with van der Waals surface area (Å²) in [5, 5.41) is 6.53. The summed E-state index contributed by atoms with van der Waals surface area (Å²) < 4.78 is 5.42. The lowest BCUT2D eigenvalue weighted by atomic mass is 10.1. The molecule has 1 aliphatic carbocycles. The number of nitrogens with one attached hydrogen (secondary N) is 2. The number of hydrogen-bond acceptors (Lipinski definition) is 5. The third-order valence-corrected chi connectivity index (χ3v) is 3.58. The van der Waals surface area contributed by atoms with Gasteiger partial charge in [0.2, 0.25) is 0 Å². The summed E-state index contributed by atoms with van der Waals surface area (Å²) in [6.45, 7) is 6.86. The minimum Gasteiger partial charge on any atom is -0.377 e. The van der Waals surface area contributed by atoms with Gasteiger partial charge in [-0.25, -0.2) is 9.97 Å². The summed E-state index contributed by atoms with van der Waals surface area (Å²) in [7, 11) is 3.62. The van der Waals surface area contributed by atoms with Gasteiger partial charge in [-0.2, -0.15) is 0 Å². The second-order valence-corrected chi connectivity index (χ2v) is 5.75. The van der Waals surface area contributed by atoms with E-state index in [2.05, 4.69) is 34.4 Å². The van der Waals surface area contributed by atoms with E-state index in [1.165, 1.54) is 12.8 Å². The smallest absolute Gasteiger partial charge is 0.136 e. The Morgan fingerprint density at radius 3 is 2.42 bits per heavy atom. The maximum atomic E-state index is 5.42. The van der Waals surface area contributed by atoms with Crippen LogP contribution in [0, 0.1) is 6.92 Å². The summed E-state index contributed by atoms with van der Waals surface area (Å²) in [6.07, 6.45) is 2.41. The van der Waals surface area contributed by atoms with E-state index in [0.717, 1.165) is 23.0 Å². The first-order valence-corrected chi connectivity index (χ1v) is 6.82. The van der Waals surface area contributed by atoms with Crippen LogP contribution in [0.4, 0.5) is 11.6 Å². The summed E-state index contributed by atoms with van der Waals surface area (Å²) in [6, 6.07) is 0. The third-order valence-electron chi connectivity index (χ3n) is 3.58. The van der Waals surface area contributed by atoms with Gasteiger partial charge in [-0.15, -0.1) is 0 Å². The molecule has 5 heteroatoms. The van der Waals surface area contributed by atoms with Crippen molar-refractivity contribution in [3.05, 3.63) is 11.4 Å². The minimum absolute atomic E-state index is 0.211. The van der Waals surface area contributed by atoms with E-state index in [0.29, 0.717) is 12.5 Å². The summed E-state index contributed by atoms with van der Waals surface area (Å²) >= 11 is 0. The Labute approximate surface area is 115 Å². The molecule has 106 valence electrons. The molecule has 1 aromatic heterocycles. The van der Waals surface area contributed by atoms with Gasteiger partial charge in [-0.1, -0.05) is 0 Å². The van der Waals surface area contributed by atoms with Gasteiger partial charge in [-0.3, -0.25) is 0 Å². The van der Waals surface area contributed by atoms with E-state index in [-0.39, 0.29) is 5.60 Å². The van der Waals surface area contributed by atoms with Crippen molar-refractivity contribution in [2.75, 3.05) is 31.3 Å². The molecule has 1 fully saturated rings. The lowest BCUT2D eigenvalue weighted by Gasteiger charge is -2.24. The van der Waals surface area contributed by atoms with Crippen LogP contribution >= 0.6 is 0 Å². The van der Waals surface area contributed by atoms with Crippen LogP contribution < -0.4 is 10.6 Å². The Bertz CT molecular complexity index is 455. The second kappa shape index (κ2) is 5.33. The fourth-order valence-corrected chi connectivity index (χ4v) is 1.84. The molecule has 1 aliphatic rings. The topological polar surface area (TPSA) is 59.1 Å². The minimum atomic E-state index is -0.211. The molecule has 2 rings (SSSR count). The van der Waals surface area contributed by atoms with Gasteiger partial charge in [0.15, 0.2) is 0 Å². The van der Waals surface area contributed by atoms with Crippen LogP contribution in [0.2, 0.25) is 0 Å². The molecule has 1 aromatic rings. The molecule has 0 bridgehead atoms. The van der Waals surface area contributed by atoms with Gasteiger partial charge in [0, 0.05) is 32.2 Å². The van der Waals surface area contributed by atoms with Gasteiger partial charge >= 0.3 is 0 Å². The van der Waals surface area contributed by atoms with Crippen molar-refractivity contribution in [1.29, 1.82) is 0 Å². The highest BCUT2D eigenvalue weighted by Gasteiger charge is 2.28. The van der Waals surface area contributed by atoms with E-state index >= 15 is 0 Å². The van der Waals surface area contributed by atoms with Crippen molar-refractivity contribution >= 4 is 11.6 Å². The molecule has 0 radical (unpaired) electrons. The number of hydrogen-bond donors (Lipinski definition) is 2. The SMILES string of the molecule is CNc1nc(C2CC2)nc(NCC(C)(C)OC)c1C. The fraction of sp³-hybridized carbons (Fsp3) is 0.714. The standard InChI is InChI=1S/C14H24N4O/c1-9-11(15-4)17-13(10-6-7-10)18-12(9)16-8-14(2,3)19-5/h10H,6-8H2,1-5H3,(H2,15,16,17,18). The molecule has 0 aliphatic heterocycles. The molecule has 0 spiro atoms. The highest BCUT2D eigenvalue weighted by molar-refractivity contribution is 5.57. The average Bonchev–Trinajstić information content (AvgIpc) is 3.22. The van der Waals surface area contributed by atoms with Crippen molar-refractivity contribution in [2.45, 2.75) is 45.1 Å². The Morgan fingerprint density at radius 1 is 1.26 bits per heavy atom. The molecule has 0 saturated heterocycles. The van der Waals surface area contributed by atoms with Gasteiger partial charge in [-0.05, 0) is 33.6 Å². The number of aromatic nitrogens is 2. The average molecular weight is 264 g/mol. The number of ether oxygens (including phenoxy) is 1. The molecule has 5 nitrogen and oxygen atoms in total. The quantitative estimate of drug-likeness (QED) is 0.827. The summed E-state index contributed by atoms with van der Waals surface area (Å²) in [5.41, 5.74) is 0.843. The molecular formula is C14H24N4O. The Balaban J connectivity index is 2.20. The van der Waals surface area contributed by atoms with Crippen molar-refractivity contribution in [2.24, 2.45) is 0 Å². The van der Waals surface area contributed by atoms with Crippen LogP contribution in [0.1, 0.15) is 44.0 Å². The first-order valence-electron chi connectivity index (χ1n) is 6.82. The van der Waals surface area contributed by atoms with Crippen molar-refractivity contribution in [1.82, 2.24) is 9.97 Å². The number of rotatable bonds is 6. The van der Waals surface area contributed by atoms with E-state index in [1.54, 1.807) is 7.11 Å². The monoisotopic (exact) mass is 264 g/mol. The molecule has 0 atom stereocenters. The van der Waals surface area contributed by atoms with Crippen LogP contribution in [0.25, 0.3) is 0 Å². The Hall–Kier alpha value is -1.36.